The molecule has 0 fully saturated rings. The molecule has 1 aromatic heterocycles. The number of nitrogens with zero attached hydrogens (tertiary/aromatic N) is 1. The molecule has 0 aliphatic rings. The maximum atomic E-state index is 13.2. The maximum Gasteiger partial charge on any atom is 0.124 e. The fourth-order valence-electron chi connectivity index (χ4n) is 2.31. The van der Waals surface area contributed by atoms with Gasteiger partial charge in [0.15, 0.2) is 0 Å². The molecule has 1 heterocycles. The van der Waals surface area contributed by atoms with Crippen LogP contribution in [0.5, 0.6) is 0 Å². The standard InChI is InChI=1S/C17H23FN2S/c1-4-6-15-16(11-19-9-5-2)21-17(20-15)14-8-7-13(18)10-12(14)3/h7-8,10,19H,4-6,9,11H2,1-3H3. The highest BCUT2D eigenvalue weighted by Crippen LogP contribution is 2.31. The van der Waals surface area contributed by atoms with Crippen LogP contribution in [-0.2, 0) is 13.0 Å². The first kappa shape index (κ1) is 16.1. The van der Waals surface area contributed by atoms with E-state index in [-0.39, 0.29) is 5.82 Å². The minimum Gasteiger partial charge on any atom is -0.312 e. The Labute approximate surface area is 130 Å². The Hall–Kier alpha value is -1.26. The van der Waals surface area contributed by atoms with Crippen molar-refractivity contribution in [2.45, 2.75) is 46.6 Å². The van der Waals surface area contributed by atoms with Gasteiger partial charge in [-0.2, -0.15) is 0 Å². The van der Waals surface area contributed by atoms with Gasteiger partial charge in [-0.25, -0.2) is 9.37 Å². The maximum absolute atomic E-state index is 13.2. The number of rotatable bonds is 7. The monoisotopic (exact) mass is 306 g/mol. The molecule has 0 bridgehead atoms. The second-order valence-electron chi connectivity index (χ2n) is 5.27. The highest BCUT2D eigenvalue weighted by Gasteiger charge is 2.13. The van der Waals surface area contributed by atoms with Gasteiger partial charge in [0, 0.05) is 17.0 Å². The Morgan fingerprint density at radius 1 is 1.24 bits per heavy atom. The average Bonchev–Trinajstić information content (AvgIpc) is 2.82. The third-order valence-electron chi connectivity index (χ3n) is 3.40. The topological polar surface area (TPSA) is 24.9 Å². The van der Waals surface area contributed by atoms with Gasteiger partial charge < -0.3 is 5.32 Å². The quantitative estimate of drug-likeness (QED) is 0.749. The van der Waals surface area contributed by atoms with E-state index in [1.165, 1.54) is 16.6 Å². The molecule has 2 aromatic rings. The van der Waals surface area contributed by atoms with Crippen LogP contribution in [0.25, 0.3) is 10.6 Å². The van der Waals surface area contributed by atoms with E-state index in [1.807, 2.05) is 13.0 Å². The van der Waals surface area contributed by atoms with Crippen molar-refractivity contribution in [1.82, 2.24) is 10.3 Å². The molecule has 0 aliphatic carbocycles. The lowest BCUT2D eigenvalue weighted by atomic mass is 10.1. The molecule has 1 N–H and O–H groups in total. The van der Waals surface area contributed by atoms with Crippen LogP contribution in [0.2, 0.25) is 0 Å². The molecule has 1 aromatic carbocycles. The zero-order valence-electron chi connectivity index (χ0n) is 13.0. The van der Waals surface area contributed by atoms with Crippen LogP contribution in [0, 0.1) is 12.7 Å². The van der Waals surface area contributed by atoms with E-state index < -0.39 is 0 Å². The lowest BCUT2D eigenvalue weighted by Crippen LogP contribution is -2.13. The predicted molar refractivity (Wildman–Crippen MR) is 88.2 cm³/mol. The molecule has 0 saturated carbocycles. The second-order valence-corrected chi connectivity index (χ2v) is 6.36. The van der Waals surface area contributed by atoms with Gasteiger partial charge >= 0.3 is 0 Å². The Balaban J connectivity index is 2.29. The Kier molecular flexibility index (Phi) is 5.88. The lowest BCUT2D eigenvalue weighted by Gasteiger charge is -2.02. The first-order chi connectivity index (χ1) is 10.2. The van der Waals surface area contributed by atoms with Gasteiger partial charge in [-0.05, 0) is 50.1 Å². The number of thiazole rings is 1. The van der Waals surface area contributed by atoms with Crippen molar-refractivity contribution >= 4 is 11.3 Å². The third kappa shape index (κ3) is 4.11. The molecule has 21 heavy (non-hydrogen) atoms. The van der Waals surface area contributed by atoms with E-state index in [4.69, 9.17) is 4.98 Å². The number of aryl methyl sites for hydroxylation is 2. The summed E-state index contributed by atoms with van der Waals surface area (Å²) in [5.74, 6) is -0.188. The number of hydrogen-bond donors (Lipinski definition) is 1. The Morgan fingerprint density at radius 2 is 2.05 bits per heavy atom. The van der Waals surface area contributed by atoms with Crippen LogP contribution < -0.4 is 5.32 Å². The number of aromatic nitrogens is 1. The van der Waals surface area contributed by atoms with E-state index in [0.717, 1.165) is 48.5 Å². The largest absolute Gasteiger partial charge is 0.312 e. The van der Waals surface area contributed by atoms with Crippen LogP contribution in [-0.4, -0.2) is 11.5 Å². The summed E-state index contributed by atoms with van der Waals surface area (Å²) >= 11 is 1.73. The second kappa shape index (κ2) is 7.66. The predicted octanol–water partition coefficient (Wildman–Crippen LogP) is 4.71. The number of halogens is 1. The van der Waals surface area contributed by atoms with E-state index in [1.54, 1.807) is 17.4 Å². The van der Waals surface area contributed by atoms with Gasteiger partial charge in [0.25, 0.3) is 0 Å². The summed E-state index contributed by atoms with van der Waals surface area (Å²) in [5.41, 5.74) is 3.17. The zero-order valence-corrected chi connectivity index (χ0v) is 13.8. The number of benzene rings is 1. The Morgan fingerprint density at radius 3 is 2.71 bits per heavy atom. The first-order valence-electron chi connectivity index (χ1n) is 7.61. The average molecular weight is 306 g/mol. The molecule has 0 saturated heterocycles. The molecule has 0 aliphatic heterocycles. The van der Waals surface area contributed by atoms with Gasteiger partial charge in [-0.1, -0.05) is 20.3 Å². The molecule has 0 unspecified atom stereocenters. The van der Waals surface area contributed by atoms with Crippen LogP contribution in [0.15, 0.2) is 18.2 Å². The highest BCUT2D eigenvalue weighted by atomic mass is 32.1. The summed E-state index contributed by atoms with van der Waals surface area (Å²) in [6.45, 7) is 8.18. The smallest absolute Gasteiger partial charge is 0.124 e. The van der Waals surface area contributed by atoms with Gasteiger partial charge in [0.1, 0.15) is 10.8 Å². The van der Waals surface area contributed by atoms with Crippen molar-refractivity contribution < 1.29 is 4.39 Å². The molecule has 0 spiro atoms. The highest BCUT2D eigenvalue weighted by molar-refractivity contribution is 7.15. The van der Waals surface area contributed by atoms with E-state index in [2.05, 4.69) is 19.2 Å². The fourth-order valence-corrected chi connectivity index (χ4v) is 3.48. The molecule has 0 amide bonds. The van der Waals surface area contributed by atoms with Gasteiger partial charge in [0.05, 0.1) is 5.69 Å². The van der Waals surface area contributed by atoms with Gasteiger partial charge in [-0.3, -0.25) is 0 Å². The van der Waals surface area contributed by atoms with Crippen molar-refractivity contribution in [3.63, 3.8) is 0 Å². The van der Waals surface area contributed by atoms with Crippen LogP contribution in [0.3, 0.4) is 0 Å². The molecular weight excluding hydrogens is 283 g/mol. The normalized spacial score (nSPS) is 11.0. The summed E-state index contributed by atoms with van der Waals surface area (Å²) in [6.07, 6.45) is 3.22. The molecule has 114 valence electrons. The molecule has 2 nitrogen and oxygen atoms in total. The van der Waals surface area contributed by atoms with Crippen LogP contribution >= 0.6 is 11.3 Å². The molecule has 0 radical (unpaired) electrons. The van der Waals surface area contributed by atoms with Crippen molar-refractivity contribution in [2.75, 3.05) is 6.54 Å². The van der Waals surface area contributed by atoms with Gasteiger partial charge in [-0.15, -0.1) is 11.3 Å². The number of nitrogens with one attached hydrogen (secondary N) is 1. The van der Waals surface area contributed by atoms with Crippen LogP contribution in [0.4, 0.5) is 4.39 Å². The van der Waals surface area contributed by atoms with E-state index in [0.29, 0.717) is 0 Å². The summed E-state index contributed by atoms with van der Waals surface area (Å²) < 4.78 is 13.2. The summed E-state index contributed by atoms with van der Waals surface area (Å²) in [7, 11) is 0. The van der Waals surface area contributed by atoms with E-state index in [9.17, 15) is 4.39 Å². The molecule has 2 rings (SSSR count). The minimum absolute atomic E-state index is 0.188. The van der Waals surface area contributed by atoms with Crippen molar-refractivity contribution in [3.8, 4) is 10.6 Å². The molecule has 4 heteroatoms. The molecule has 0 atom stereocenters. The summed E-state index contributed by atoms with van der Waals surface area (Å²) in [4.78, 5) is 6.10. The van der Waals surface area contributed by atoms with Crippen molar-refractivity contribution in [1.29, 1.82) is 0 Å². The van der Waals surface area contributed by atoms with Crippen molar-refractivity contribution in [3.05, 3.63) is 40.2 Å². The number of hydrogen-bond acceptors (Lipinski definition) is 3. The minimum atomic E-state index is -0.188. The third-order valence-corrected chi connectivity index (χ3v) is 4.53. The summed E-state index contributed by atoms with van der Waals surface area (Å²) in [6, 6.07) is 4.92. The molecular formula is C17H23FN2S. The Bertz CT molecular complexity index is 592. The van der Waals surface area contributed by atoms with Gasteiger partial charge in [0.2, 0.25) is 0 Å². The summed E-state index contributed by atoms with van der Waals surface area (Å²) in [5, 5.41) is 4.45. The zero-order chi connectivity index (χ0) is 15.2. The fraction of sp³-hybridized carbons (Fsp3) is 0.471. The van der Waals surface area contributed by atoms with E-state index >= 15 is 0 Å². The first-order valence-corrected chi connectivity index (χ1v) is 8.43. The van der Waals surface area contributed by atoms with Crippen molar-refractivity contribution in [2.24, 2.45) is 0 Å². The SMILES string of the molecule is CCCNCc1sc(-c2ccc(F)cc2C)nc1CCC. The van der Waals surface area contributed by atoms with Crippen LogP contribution in [0.1, 0.15) is 42.8 Å². The lowest BCUT2D eigenvalue weighted by molar-refractivity contribution is 0.627.